The number of amides is 3. The first-order valence-electron chi connectivity index (χ1n) is 9.56. The number of methoxy groups -OCH3 is 1. The normalized spacial score (nSPS) is 14.3. The first-order chi connectivity index (χ1) is 15.3. The zero-order valence-corrected chi connectivity index (χ0v) is 17.8. The Balaban J connectivity index is 1.52. The highest BCUT2D eigenvalue weighted by atomic mass is 32.2. The van der Waals surface area contributed by atoms with Gasteiger partial charge in [-0.2, -0.15) is 0 Å². The van der Waals surface area contributed by atoms with Crippen LogP contribution in [-0.4, -0.2) is 31.8 Å². The molecule has 4 N–H and O–H groups in total. The second-order valence-corrected chi connectivity index (χ2v) is 8.87. The van der Waals surface area contributed by atoms with Gasteiger partial charge in [0, 0.05) is 11.6 Å². The number of nitrogens with two attached hydrogens (primary N) is 1. The van der Waals surface area contributed by atoms with Crippen LogP contribution in [0.25, 0.3) is 0 Å². The Morgan fingerprint density at radius 3 is 2.50 bits per heavy atom. The second-order valence-electron chi connectivity index (χ2n) is 7.04. The van der Waals surface area contributed by atoms with Crippen molar-refractivity contribution in [3.63, 3.8) is 0 Å². The van der Waals surface area contributed by atoms with Crippen molar-refractivity contribution in [2.45, 2.75) is 11.4 Å². The Bertz CT molecular complexity index is 1310. The van der Waals surface area contributed by atoms with Gasteiger partial charge < -0.3 is 21.1 Å². The minimum atomic E-state index is -4.05. The number of rotatable bonds is 5. The molecule has 1 aliphatic heterocycles. The van der Waals surface area contributed by atoms with Crippen LogP contribution < -0.4 is 21.1 Å². The topological polar surface area (TPSA) is 131 Å². The minimum absolute atomic E-state index is 0.0191. The Morgan fingerprint density at radius 1 is 1.09 bits per heavy atom. The molecule has 0 saturated heterocycles. The van der Waals surface area contributed by atoms with E-state index in [0.717, 1.165) is 4.31 Å². The summed E-state index contributed by atoms with van der Waals surface area (Å²) in [7, 11) is -2.60. The number of carbonyl (C=O) groups is 2. The molecule has 0 aromatic heterocycles. The van der Waals surface area contributed by atoms with Gasteiger partial charge >= 0.3 is 6.03 Å². The van der Waals surface area contributed by atoms with Crippen molar-refractivity contribution in [2.24, 2.45) is 0 Å². The monoisotopic (exact) mass is 452 g/mol. The van der Waals surface area contributed by atoms with Crippen LogP contribution in [0.4, 0.5) is 21.9 Å². The van der Waals surface area contributed by atoms with Gasteiger partial charge in [0.15, 0.2) is 0 Å². The quantitative estimate of drug-likeness (QED) is 0.509. The van der Waals surface area contributed by atoms with Crippen LogP contribution in [0.3, 0.4) is 0 Å². The third-order valence-corrected chi connectivity index (χ3v) is 6.76. The summed E-state index contributed by atoms with van der Waals surface area (Å²) >= 11 is 0. The SMILES string of the molecule is COc1ccc2c(c1)NC(=O)N(Cc1ccc(C(=O)Nc3ccccc3N)cc1)S2(=O)=O. The average molecular weight is 452 g/mol. The lowest BCUT2D eigenvalue weighted by molar-refractivity contribution is 0.102. The van der Waals surface area contributed by atoms with Gasteiger partial charge in [0.25, 0.3) is 15.9 Å². The summed E-state index contributed by atoms with van der Waals surface area (Å²) in [6, 6.07) is 16.8. The van der Waals surface area contributed by atoms with Crippen LogP contribution in [0.1, 0.15) is 15.9 Å². The fraction of sp³-hybridized carbons (Fsp3) is 0.0909. The highest BCUT2D eigenvalue weighted by molar-refractivity contribution is 7.90. The van der Waals surface area contributed by atoms with Gasteiger partial charge in [0.2, 0.25) is 0 Å². The third-order valence-electron chi connectivity index (χ3n) is 4.97. The molecule has 4 rings (SSSR count). The fourth-order valence-electron chi connectivity index (χ4n) is 3.25. The lowest BCUT2D eigenvalue weighted by Crippen LogP contribution is -2.43. The average Bonchev–Trinajstić information content (AvgIpc) is 2.78. The molecule has 1 aliphatic rings. The highest BCUT2D eigenvalue weighted by Gasteiger charge is 2.36. The summed E-state index contributed by atoms with van der Waals surface area (Å²) in [6.45, 7) is -0.187. The first-order valence-corrected chi connectivity index (χ1v) is 11.0. The maximum atomic E-state index is 13.0. The molecule has 0 aliphatic carbocycles. The Hall–Kier alpha value is -4.05. The fourth-order valence-corrected chi connectivity index (χ4v) is 4.70. The molecular formula is C22H20N4O5S. The molecule has 0 unspecified atom stereocenters. The predicted octanol–water partition coefficient (Wildman–Crippen LogP) is 3.27. The van der Waals surface area contributed by atoms with Crippen LogP contribution in [0.2, 0.25) is 0 Å². The first kappa shape index (κ1) is 21.2. The van der Waals surface area contributed by atoms with E-state index < -0.39 is 16.1 Å². The number of sulfonamides is 1. The van der Waals surface area contributed by atoms with Gasteiger partial charge in [-0.1, -0.05) is 24.3 Å². The molecule has 3 aromatic rings. The van der Waals surface area contributed by atoms with Crippen molar-refractivity contribution < 1.29 is 22.7 Å². The number of ether oxygens (including phenoxy) is 1. The summed E-state index contributed by atoms with van der Waals surface area (Å²) in [5.41, 5.74) is 7.84. The molecule has 0 radical (unpaired) electrons. The molecular weight excluding hydrogens is 432 g/mol. The molecule has 9 nitrogen and oxygen atoms in total. The largest absolute Gasteiger partial charge is 0.497 e. The number of hydrogen-bond donors (Lipinski definition) is 3. The second kappa shape index (κ2) is 8.23. The van der Waals surface area contributed by atoms with Crippen molar-refractivity contribution in [3.8, 4) is 5.75 Å². The number of nitrogens with one attached hydrogen (secondary N) is 2. The molecule has 164 valence electrons. The van der Waals surface area contributed by atoms with Gasteiger partial charge in [-0.05, 0) is 42.0 Å². The van der Waals surface area contributed by atoms with Crippen LogP contribution in [0.15, 0.2) is 71.6 Å². The lowest BCUT2D eigenvalue weighted by Gasteiger charge is -2.29. The molecule has 3 amide bonds. The number of nitrogens with zero attached hydrogens (tertiary/aromatic N) is 1. The summed E-state index contributed by atoms with van der Waals surface area (Å²) in [4.78, 5) is 25.0. The molecule has 0 fully saturated rings. The van der Waals surface area contributed by atoms with Crippen LogP contribution >= 0.6 is 0 Å². The number of carbonyl (C=O) groups excluding carboxylic acids is 2. The maximum Gasteiger partial charge on any atom is 0.336 e. The van der Waals surface area contributed by atoms with E-state index in [0.29, 0.717) is 28.3 Å². The predicted molar refractivity (Wildman–Crippen MR) is 120 cm³/mol. The number of nitrogen functional groups attached to an aromatic ring is 1. The Kier molecular flexibility index (Phi) is 5.45. The molecule has 3 aromatic carbocycles. The van der Waals surface area contributed by atoms with E-state index in [2.05, 4.69) is 10.6 Å². The number of anilines is 3. The standard InChI is InChI=1S/C22H20N4O5S/c1-31-16-10-11-20-19(12-16)25-22(28)26(32(20,29)30)13-14-6-8-15(9-7-14)21(27)24-18-5-3-2-4-17(18)23/h2-12H,13,23H2,1H3,(H,24,27)(H,25,28). The van der Waals surface area contributed by atoms with Crippen molar-refractivity contribution in [1.29, 1.82) is 0 Å². The Morgan fingerprint density at radius 2 is 1.81 bits per heavy atom. The van der Waals surface area contributed by atoms with E-state index in [4.69, 9.17) is 10.5 Å². The van der Waals surface area contributed by atoms with E-state index in [1.807, 2.05) is 0 Å². The number of para-hydroxylation sites is 2. The smallest absolute Gasteiger partial charge is 0.336 e. The number of hydrogen-bond acceptors (Lipinski definition) is 6. The van der Waals surface area contributed by atoms with Crippen LogP contribution in [0, 0.1) is 0 Å². The summed E-state index contributed by atoms with van der Waals surface area (Å²) in [5.74, 6) is 0.0690. The van der Waals surface area contributed by atoms with Crippen molar-refractivity contribution >= 4 is 39.0 Å². The van der Waals surface area contributed by atoms with Crippen molar-refractivity contribution in [1.82, 2.24) is 4.31 Å². The van der Waals surface area contributed by atoms with E-state index in [-0.39, 0.29) is 23.0 Å². The van der Waals surface area contributed by atoms with Crippen molar-refractivity contribution in [3.05, 3.63) is 77.9 Å². The van der Waals surface area contributed by atoms with Crippen LogP contribution in [0.5, 0.6) is 5.75 Å². The Labute approximate surface area is 184 Å². The van der Waals surface area contributed by atoms with E-state index in [1.54, 1.807) is 48.5 Å². The van der Waals surface area contributed by atoms with Crippen molar-refractivity contribution in [2.75, 3.05) is 23.5 Å². The summed E-state index contributed by atoms with van der Waals surface area (Å²) < 4.78 is 31.8. The van der Waals surface area contributed by atoms with E-state index in [9.17, 15) is 18.0 Å². The number of fused-ring (bicyclic) bond motifs is 1. The number of benzene rings is 3. The molecule has 10 heteroatoms. The lowest BCUT2D eigenvalue weighted by atomic mass is 10.1. The molecule has 0 spiro atoms. The molecule has 0 saturated carbocycles. The van der Waals surface area contributed by atoms with Gasteiger partial charge in [0.05, 0.1) is 30.7 Å². The molecule has 1 heterocycles. The number of urea groups is 1. The maximum absolute atomic E-state index is 13.0. The van der Waals surface area contributed by atoms with Crippen LogP contribution in [-0.2, 0) is 16.6 Å². The van der Waals surface area contributed by atoms with Gasteiger partial charge in [0.1, 0.15) is 10.6 Å². The molecule has 32 heavy (non-hydrogen) atoms. The molecule has 0 atom stereocenters. The van der Waals surface area contributed by atoms with E-state index >= 15 is 0 Å². The third kappa shape index (κ3) is 3.95. The summed E-state index contributed by atoms with van der Waals surface area (Å²) in [5, 5.41) is 5.30. The summed E-state index contributed by atoms with van der Waals surface area (Å²) in [6.07, 6.45) is 0. The van der Waals surface area contributed by atoms with Gasteiger partial charge in [-0.15, -0.1) is 0 Å². The van der Waals surface area contributed by atoms with Gasteiger partial charge in [-0.25, -0.2) is 17.5 Å². The van der Waals surface area contributed by atoms with E-state index in [1.165, 1.54) is 25.3 Å². The minimum Gasteiger partial charge on any atom is -0.497 e. The molecule has 0 bridgehead atoms. The zero-order chi connectivity index (χ0) is 22.9. The highest BCUT2D eigenvalue weighted by Crippen LogP contribution is 2.33. The zero-order valence-electron chi connectivity index (χ0n) is 17.0. The van der Waals surface area contributed by atoms with Gasteiger partial charge in [-0.3, -0.25) is 4.79 Å².